The highest BCUT2D eigenvalue weighted by Gasteiger charge is 2.43. The molecule has 0 aliphatic carbocycles. The van der Waals surface area contributed by atoms with Crippen molar-refractivity contribution >= 4 is 11.9 Å². The second-order valence-corrected chi connectivity index (χ2v) is 5.72. The van der Waals surface area contributed by atoms with Crippen LogP contribution in [0.3, 0.4) is 0 Å². The molecule has 1 aromatic rings. The van der Waals surface area contributed by atoms with Crippen LogP contribution in [0.25, 0.3) is 0 Å². The van der Waals surface area contributed by atoms with Crippen LogP contribution < -0.4 is 5.32 Å². The average Bonchev–Trinajstić information content (AvgIpc) is 2.56. The van der Waals surface area contributed by atoms with Gasteiger partial charge in [-0.1, -0.05) is 12.1 Å². The highest BCUT2D eigenvalue weighted by Crippen LogP contribution is 2.21. The van der Waals surface area contributed by atoms with Gasteiger partial charge in [0.2, 0.25) is 0 Å². The molecule has 1 aromatic carbocycles. The topological polar surface area (TPSA) is 69.6 Å². The largest absolute Gasteiger partial charge is 0.508 e. The number of phenolic OH excluding ortho intramolecular Hbond substituents is 1. The number of carbonyl (C=O) groups is 2. The molecule has 102 valence electrons. The van der Waals surface area contributed by atoms with E-state index in [1.807, 2.05) is 20.8 Å². The first-order valence-corrected chi connectivity index (χ1v) is 6.21. The molecule has 2 rings (SSSR count). The van der Waals surface area contributed by atoms with Crippen LogP contribution in [-0.4, -0.2) is 33.5 Å². The Kier molecular flexibility index (Phi) is 3.22. The van der Waals surface area contributed by atoms with Gasteiger partial charge in [0.1, 0.15) is 11.8 Å². The molecule has 1 aliphatic heterocycles. The van der Waals surface area contributed by atoms with Crippen LogP contribution in [0.15, 0.2) is 24.3 Å². The Balaban J connectivity index is 2.13. The van der Waals surface area contributed by atoms with Crippen molar-refractivity contribution in [2.45, 2.75) is 38.8 Å². The fraction of sp³-hybridized carbons (Fsp3) is 0.429. The molecule has 1 heterocycles. The summed E-state index contributed by atoms with van der Waals surface area (Å²) in [5, 5.41) is 11.9. The van der Waals surface area contributed by atoms with Crippen molar-refractivity contribution in [2.75, 3.05) is 0 Å². The van der Waals surface area contributed by atoms with Crippen molar-refractivity contribution in [1.82, 2.24) is 10.2 Å². The predicted octanol–water partition coefficient (Wildman–Crippen LogP) is 1.65. The lowest BCUT2D eigenvalue weighted by atomic mass is 10.0. The molecule has 19 heavy (non-hydrogen) atoms. The molecule has 1 saturated heterocycles. The normalized spacial score (nSPS) is 19.7. The van der Waals surface area contributed by atoms with E-state index in [-0.39, 0.29) is 17.7 Å². The lowest BCUT2D eigenvalue weighted by molar-refractivity contribution is -0.130. The van der Waals surface area contributed by atoms with Crippen LogP contribution in [0.5, 0.6) is 5.75 Å². The molecule has 1 unspecified atom stereocenters. The van der Waals surface area contributed by atoms with E-state index in [0.29, 0.717) is 6.42 Å². The van der Waals surface area contributed by atoms with Gasteiger partial charge in [0.05, 0.1) is 0 Å². The minimum absolute atomic E-state index is 0.182. The second-order valence-electron chi connectivity index (χ2n) is 5.72. The minimum Gasteiger partial charge on any atom is -0.508 e. The Hall–Kier alpha value is -2.04. The van der Waals surface area contributed by atoms with Gasteiger partial charge in [0.15, 0.2) is 0 Å². The van der Waals surface area contributed by atoms with Gasteiger partial charge in [0, 0.05) is 12.0 Å². The van der Waals surface area contributed by atoms with Gasteiger partial charge in [-0.05, 0) is 38.5 Å². The van der Waals surface area contributed by atoms with E-state index in [9.17, 15) is 14.7 Å². The SMILES string of the molecule is CC(C)(C)N1C(=O)NC(Cc2ccc(O)cc2)C1=O. The number of aromatic hydroxyl groups is 1. The molecule has 0 bridgehead atoms. The maximum atomic E-state index is 12.2. The maximum Gasteiger partial charge on any atom is 0.325 e. The Morgan fingerprint density at radius 1 is 1.21 bits per heavy atom. The number of amides is 3. The molecule has 1 aliphatic rings. The third kappa shape index (κ3) is 2.70. The number of imide groups is 1. The number of urea groups is 1. The Labute approximate surface area is 112 Å². The molecule has 0 spiro atoms. The molecule has 5 nitrogen and oxygen atoms in total. The van der Waals surface area contributed by atoms with Crippen LogP contribution in [0.1, 0.15) is 26.3 Å². The van der Waals surface area contributed by atoms with E-state index in [2.05, 4.69) is 5.32 Å². The third-order valence-corrected chi connectivity index (χ3v) is 3.07. The Morgan fingerprint density at radius 2 is 1.79 bits per heavy atom. The van der Waals surface area contributed by atoms with Crippen molar-refractivity contribution in [3.63, 3.8) is 0 Å². The summed E-state index contributed by atoms with van der Waals surface area (Å²) < 4.78 is 0. The van der Waals surface area contributed by atoms with Crippen LogP contribution >= 0.6 is 0 Å². The molecular weight excluding hydrogens is 244 g/mol. The molecule has 0 aromatic heterocycles. The van der Waals surface area contributed by atoms with Gasteiger partial charge in [-0.3, -0.25) is 9.69 Å². The quantitative estimate of drug-likeness (QED) is 0.796. The van der Waals surface area contributed by atoms with Crippen molar-refractivity contribution in [3.8, 4) is 5.75 Å². The fourth-order valence-corrected chi connectivity index (χ4v) is 2.17. The van der Waals surface area contributed by atoms with Gasteiger partial charge in [-0.15, -0.1) is 0 Å². The highest BCUT2D eigenvalue weighted by molar-refractivity contribution is 6.05. The smallest absolute Gasteiger partial charge is 0.325 e. The number of hydrogen-bond acceptors (Lipinski definition) is 3. The van der Waals surface area contributed by atoms with Gasteiger partial charge in [0.25, 0.3) is 5.91 Å². The number of rotatable bonds is 2. The van der Waals surface area contributed by atoms with E-state index >= 15 is 0 Å². The Bertz CT molecular complexity index is 502. The molecule has 1 atom stereocenters. The molecule has 3 amide bonds. The lowest BCUT2D eigenvalue weighted by Crippen LogP contribution is -2.46. The van der Waals surface area contributed by atoms with Gasteiger partial charge < -0.3 is 10.4 Å². The molecule has 2 N–H and O–H groups in total. The van der Waals surface area contributed by atoms with E-state index < -0.39 is 11.6 Å². The summed E-state index contributed by atoms with van der Waals surface area (Å²) in [7, 11) is 0. The van der Waals surface area contributed by atoms with Crippen molar-refractivity contribution in [2.24, 2.45) is 0 Å². The molecule has 0 radical (unpaired) electrons. The van der Waals surface area contributed by atoms with Gasteiger partial charge in [-0.2, -0.15) is 0 Å². The minimum atomic E-state index is -0.531. The lowest BCUT2D eigenvalue weighted by Gasteiger charge is -2.28. The van der Waals surface area contributed by atoms with Crippen LogP contribution in [-0.2, 0) is 11.2 Å². The standard InChI is InChI=1S/C14H18N2O3/c1-14(2,3)16-12(18)11(15-13(16)19)8-9-4-6-10(17)7-5-9/h4-7,11,17H,8H2,1-3H3,(H,15,19). The number of carbonyl (C=O) groups excluding carboxylic acids is 2. The number of benzene rings is 1. The summed E-state index contributed by atoms with van der Waals surface area (Å²) in [5.74, 6) is -0.0209. The monoisotopic (exact) mass is 262 g/mol. The van der Waals surface area contributed by atoms with E-state index in [1.165, 1.54) is 4.90 Å². The van der Waals surface area contributed by atoms with Crippen molar-refractivity contribution in [1.29, 1.82) is 0 Å². The average molecular weight is 262 g/mol. The summed E-state index contributed by atoms with van der Waals surface area (Å²) in [6.45, 7) is 5.48. The number of nitrogens with zero attached hydrogens (tertiary/aromatic N) is 1. The predicted molar refractivity (Wildman–Crippen MR) is 70.7 cm³/mol. The summed E-state index contributed by atoms with van der Waals surface area (Å²) in [6, 6.07) is 5.75. The summed E-state index contributed by atoms with van der Waals surface area (Å²) in [6.07, 6.45) is 0.428. The summed E-state index contributed by atoms with van der Waals surface area (Å²) >= 11 is 0. The van der Waals surface area contributed by atoms with Crippen LogP contribution in [0.2, 0.25) is 0 Å². The zero-order valence-corrected chi connectivity index (χ0v) is 11.3. The highest BCUT2D eigenvalue weighted by atomic mass is 16.3. The summed E-state index contributed by atoms with van der Waals surface area (Å²) in [4.78, 5) is 25.3. The summed E-state index contributed by atoms with van der Waals surface area (Å²) in [5.41, 5.74) is 0.373. The number of hydrogen-bond donors (Lipinski definition) is 2. The second kappa shape index (κ2) is 4.57. The van der Waals surface area contributed by atoms with Crippen LogP contribution in [0.4, 0.5) is 4.79 Å². The number of nitrogens with one attached hydrogen (secondary N) is 1. The maximum absolute atomic E-state index is 12.2. The molecule has 0 saturated carbocycles. The fourth-order valence-electron chi connectivity index (χ4n) is 2.17. The van der Waals surface area contributed by atoms with Gasteiger partial charge in [-0.25, -0.2) is 4.79 Å². The zero-order chi connectivity index (χ0) is 14.2. The van der Waals surface area contributed by atoms with Gasteiger partial charge >= 0.3 is 6.03 Å². The zero-order valence-electron chi connectivity index (χ0n) is 11.3. The Morgan fingerprint density at radius 3 is 2.26 bits per heavy atom. The third-order valence-electron chi connectivity index (χ3n) is 3.07. The van der Waals surface area contributed by atoms with E-state index in [4.69, 9.17) is 0 Å². The first-order chi connectivity index (χ1) is 8.79. The first kappa shape index (κ1) is 13.4. The molecule has 1 fully saturated rings. The molecule has 5 heteroatoms. The first-order valence-electron chi connectivity index (χ1n) is 6.21. The van der Waals surface area contributed by atoms with Crippen molar-refractivity contribution in [3.05, 3.63) is 29.8 Å². The van der Waals surface area contributed by atoms with E-state index in [1.54, 1.807) is 24.3 Å². The van der Waals surface area contributed by atoms with E-state index in [0.717, 1.165) is 5.56 Å². The van der Waals surface area contributed by atoms with Crippen LogP contribution in [0, 0.1) is 0 Å². The molecular formula is C14H18N2O3. The van der Waals surface area contributed by atoms with Crippen molar-refractivity contribution < 1.29 is 14.7 Å². The number of phenols is 1.